The molecule has 0 bridgehead atoms. The maximum Gasteiger partial charge on any atom is 0.411 e. The summed E-state index contributed by atoms with van der Waals surface area (Å²) >= 11 is 0. The summed E-state index contributed by atoms with van der Waals surface area (Å²) in [6.45, 7) is 0.812. The molecule has 0 aromatic heterocycles. The van der Waals surface area contributed by atoms with Crippen molar-refractivity contribution >= 4 is 17.5 Å². The molecule has 6 nitrogen and oxygen atoms in total. The number of amides is 1. The Bertz CT molecular complexity index is 817. The number of hydrogen-bond acceptors (Lipinski definition) is 5. The highest BCUT2D eigenvalue weighted by Gasteiger charge is 2.34. The van der Waals surface area contributed by atoms with Crippen LogP contribution < -0.4 is 10.2 Å². The highest BCUT2D eigenvalue weighted by atomic mass is 19.1. The van der Waals surface area contributed by atoms with Crippen LogP contribution in [0.2, 0.25) is 0 Å². The summed E-state index contributed by atoms with van der Waals surface area (Å²) in [6, 6.07) is 11.2. The number of piperidine rings is 1. The normalized spacial score (nSPS) is 15.8. The molecule has 2 N–H and O–H groups in total. The van der Waals surface area contributed by atoms with Gasteiger partial charge in [-0.25, -0.2) is 13.6 Å². The fourth-order valence-corrected chi connectivity index (χ4v) is 3.38. The summed E-state index contributed by atoms with van der Waals surface area (Å²) in [5.41, 5.74) is -0.390. The van der Waals surface area contributed by atoms with Crippen molar-refractivity contribution in [2.24, 2.45) is 0 Å². The van der Waals surface area contributed by atoms with Gasteiger partial charge in [0.05, 0.1) is 12.2 Å². The van der Waals surface area contributed by atoms with Crippen molar-refractivity contribution < 1.29 is 28.2 Å². The third-order valence-corrected chi connectivity index (χ3v) is 4.90. The second kappa shape index (κ2) is 9.19. The SMILES string of the molecule is COCC1(O)CCN(c2c(F)cc(NC(=O)OCc3ccccc3)cc2F)CC1. The summed E-state index contributed by atoms with van der Waals surface area (Å²) < 4.78 is 39.2. The first-order valence-electron chi connectivity index (χ1n) is 9.33. The molecule has 29 heavy (non-hydrogen) atoms. The van der Waals surface area contributed by atoms with E-state index < -0.39 is 23.3 Å². The van der Waals surface area contributed by atoms with Crippen molar-refractivity contribution in [1.82, 2.24) is 0 Å². The average molecular weight is 406 g/mol. The Balaban J connectivity index is 1.61. The summed E-state index contributed by atoms with van der Waals surface area (Å²) in [5.74, 6) is -1.58. The molecule has 156 valence electrons. The zero-order valence-electron chi connectivity index (χ0n) is 16.2. The van der Waals surface area contributed by atoms with E-state index in [1.54, 1.807) is 17.0 Å². The molecule has 0 radical (unpaired) electrons. The topological polar surface area (TPSA) is 71.0 Å². The quantitative estimate of drug-likeness (QED) is 0.766. The van der Waals surface area contributed by atoms with E-state index in [9.17, 15) is 18.7 Å². The Hall–Kier alpha value is -2.71. The number of rotatable bonds is 6. The van der Waals surface area contributed by atoms with E-state index in [1.807, 2.05) is 18.2 Å². The van der Waals surface area contributed by atoms with Gasteiger partial charge in [-0.1, -0.05) is 30.3 Å². The fourth-order valence-electron chi connectivity index (χ4n) is 3.38. The molecule has 1 fully saturated rings. The van der Waals surface area contributed by atoms with Gasteiger partial charge in [-0.2, -0.15) is 0 Å². The molecule has 1 aliphatic heterocycles. The second-order valence-electron chi connectivity index (χ2n) is 7.12. The lowest BCUT2D eigenvalue weighted by Gasteiger charge is -2.39. The summed E-state index contributed by atoms with van der Waals surface area (Å²) in [7, 11) is 1.50. The zero-order chi connectivity index (χ0) is 20.9. The molecule has 0 aliphatic carbocycles. The van der Waals surface area contributed by atoms with Crippen LogP contribution in [0.4, 0.5) is 25.0 Å². The van der Waals surface area contributed by atoms with E-state index in [-0.39, 0.29) is 24.6 Å². The van der Waals surface area contributed by atoms with Crippen molar-refractivity contribution in [3.05, 3.63) is 59.7 Å². The van der Waals surface area contributed by atoms with Gasteiger partial charge in [-0.3, -0.25) is 5.32 Å². The highest BCUT2D eigenvalue weighted by Crippen LogP contribution is 2.32. The van der Waals surface area contributed by atoms with Crippen molar-refractivity contribution in [3.63, 3.8) is 0 Å². The molecule has 2 aromatic rings. The predicted molar refractivity (Wildman–Crippen MR) is 105 cm³/mol. The summed E-state index contributed by atoms with van der Waals surface area (Å²) in [4.78, 5) is 13.4. The minimum absolute atomic E-state index is 0.0327. The predicted octanol–water partition coefficient (Wildman–Crippen LogP) is 3.69. The van der Waals surface area contributed by atoms with Crippen LogP contribution in [-0.4, -0.2) is 43.6 Å². The Labute approximate surface area is 168 Å². The lowest BCUT2D eigenvalue weighted by Crippen LogP contribution is -2.47. The maximum absolute atomic E-state index is 14.6. The maximum atomic E-state index is 14.6. The number of hydrogen-bond donors (Lipinski definition) is 2. The van der Waals surface area contributed by atoms with E-state index in [4.69, 9.17) is 9.47 Å². The molecule has 8 heteroatoms. The fraction of sp³-hybridized carbons (Fsp3) is 0.381. The van der Waals surface area contributed by atoms with Crippen LogP contribution in [0.1, 0.15) is 18.4 Å². The van der Waals surface area contributed by atoms with Crippen molar-refractivity contribution in [2.45, 2.75) is 25.0 Å². The summed E-state index contributed by atoms with van der Waals surface area (Å²) in [6.07, 6.45) is -0.125. The third-order valence-electron chi connectivity index (χ3n) is 4.90. The van der Waals surface area contributed by atoms with Crippen LogP contribution in [-0.2, 0) is 16.1 Å². The Morgan fingerprint density at radius 1 is 1.17 bits per heavy atom. The molecule has 1 saturated heterocycles. The smallest absolute Gasteiger partial charge is 0.411 e. The lowest BCUT2D eigenvalue weighted by atomic mass is 9.92. The number of anilines is 2. The molecule has 0 unspecified atom stereocenters. The number of methoxy groups -OCH3 is 1. The van der Waals surface area contributed by atoms with Crippen LogP contribution in [0.5, 0.6) is 0 Å². The minimum Gasteiger partial charge on any atom is -0.444 e. The van der Waals surface area contributed by atoms with E-state index in [1.165, 1.54) is 7.11 Å². The molecule has 1 aliphatic rings. The highest BCUT2D eigenvalue weighted by molar-refractivity contribution is 5.85. The average Bonchev–Trinajstić information content (AvgIpc) is 2.68. The molecule has 0 saturated carbocycles. The molecular weight excluding hydrogens is 382 g/mol. The first kappa shape index (κ1) is 21.0. The van der Waals surface area contributed by atoms with Gasteiger partial charge >= 0.3 is 6.09 Å². The molecular formula is C21H24F2N2O4. The first-order chi connectivity index (χ1) is 13.9. The Kier molecular flexibility index (Phi) is 6.66. The third kappa shape index (κ3) is 5.42. The standard InChI is InChI=1S/C21H24F2N2O4/c1-28-14-21(27)7-9-25(10-8-21)19-17(22)11-16(12-18(19)23)24-20(26)29-13-15-5-3-2-4-6-15/h2-6,11-12,27H,7-10,13-14H2,1H3,(H,24,26). The van der Waals surface area contributed by atoms with E-state index in [0.717, 1.165) is 17.7 Å². The number of carbonyl (C=O) groups excluding carboxylic acids is 1. The van der Waals surface area contributed by atoms with Crippen LogP contribution in [0, 0.1) is 11.6 Å². The number of aliphatic hydroxyl groups is 1. The molecule has 2 aromatic carbocycles. The number of ether oxygens (including phenoxy) is 2. The summed E-state index contributed by atoms with van der Waals surface area (Å²) in [5, 5.41) is 12.7. The van der Waals surface area contributed by atoms with Crippen molar-refractivity contribution in [3.8, 4) is 0 Å². The van der Waals surface area contributed by atoms with Gasteiger partial charge in [0.2, 0.25) is 0 Å². The van der Waals surface area contributed by atoms with Gasteiger partial charge in [-0.05, 0) is 30.5 Å². The monoisotopic (exact) mass is 406 g/mol. The van der Waals surface area contributed by atoms with E-state index >= 15 is 0 Å². The number of nitrogens with one attached hydrogen (secondary N) is 1. The molecule has 0 spiro atoms. The van der Waals surface area contributed by atoms with E-state index in [0.29, 0.717) is 25.9 Å². The van der Waals surface area contributed by atoms with Gasteiger partial charge in [0.25, 0.3) is 0 Å². The van der Waals surface area contributed by atoms with E-state index in [2.05, 4.69) is 5.32 Å². The molecule has 1 amide bonds. The Morgan fingerprint density at radius 2 is 1.79 bits per heavy atom. The first-order valence-corrected chi connectivity index (χ1v) is 9.33. The molecule has 1 heterocycles. The second-order valence-corrected chi connectivity index (χ2v) is 7.12. The van der Waals surface area contributed by atoms with Gasteiger partial charge in [0.1, 0.15) is 12.3 Å². The van der Waals surface area contributed by atoms with Crippen molar-refractivity contribution in [1.29, 1.82) is 0 Å². The van der Waals surface area contributed by atoms with Gasteiger partial charge in [0.15, 0.2) is 11.6 Å². The number of carbonyl (C=O) groups is 1. The van der Waals surface area contributed by atoms with Crippen LogP contribution in [0.25, 0.3) is 0 Å². The lowest BCUT2D eigenvalue weighted by molar-refractivity contribution is -0.0473. The number of nitrogens with zero attached hydrogens (tertiary/aromatic N) is 1. The zero-order valence-corrected chi connectivity index (χ0v) is 16.2. The van der Waals surface area contributed by atoms with Crippen LogP contribution in [0.15, 0.2) is 42.5 Å². The van der Waals surface area contributed by atoms with Crippen LogP contribution in [0.3, 0.4) is 0 Å². The largest absolute Gasteiger partial charge is 0.444 e. The van der Waals surface area contributed by atoms with Gasteiger partial charge in [-0.15, -0.1) is 0 Å². The minimum atomic E-state index is -0.984. The van der Waals surface area contributed by atoms with Gasteiger partial charge in [0, 0.05) is 25.9 Å². The van der Waals surface area contributed by atoms with Crippen molar-refractivity contribution in [2.75, 3.05) is 37.0 Å². The molecule has 0 atom stereocenters. The Morgan fingerprint density at radius 3 is 2.38 bits per heavy atom. The number of halogens is 2. The van der Waals surface area contributed by atoms with Gasteiger partial charge < -0.3 is 19.5 Å². The van der Waals surface area contributed by atoms with Crippen LogP contribution >= 0.6 is 0 Å². The number of benzene rings is 2. The molecule has 3 rings (SSSR count).